The van der Waals surface area contributed by atoms with Gasteiger partial charge in [-0.3, -0.25) is 4.57 Å². The first-order valence-corrected chi connectivity index (χ1v) is 8.69. The first-order chi connectivity index (χ1) is 11.2. The van der Waals surface area contributed by atoms with Crippen LogP contribution in [0.3, 0.4) is 0 Å². The van der Waals surface area contributed by atoms with Crippen LogP contribution < -0.4 is 5.69 Å². The Morgan fingerprint density at radius 1 is 1.22 bits per heavy atom. The van der Waals surface area contributed by atoms with Crippen molar-refractivity contribution in [2.24, 2.45) is 5.92 Å². The number of nitrogens with one attached hydrogen (secondary N) is 1. The van der Waals surface area contributed by atoms with Gasteiger partial charge >= 0.3 is 5.69 Å². The van der Waals surface area contributed by atoms with Gasteiger partial charge in [-0.2, -0.15) is 5.26 Å². The summed E-state index contributed by atoms with van der Waals surface area (Å²) >= 11 is 0. The summed E-state index contributed by atoms with van der Waals surface area (Å²) in [4.78, 5) is 19.2. The SMILES string of the molecule is CC.CC.CC1CCC(n2c(=O)[nH]c3cc(C#N)cnc32)CC1. The second kappa shape index (κ2) is 9.14. The van der Waals surface area contributed by atoms with Crippen LogP contribution in [0.25, 0.3) is 11.2 Å². The van der Waals surface area contributed by atoms with Gasteiger partial charge in [-0.1, -0.05) is 34.6 Å². The van der Waals surface area contributed by atoms with Crippen LogP contribution in [-0.2, 0) is 0 Å². The van der Waals surface area contributed by atoms with Gasteiger partial charge in [-0.05, 0) is 37.7 Å². The molecule has 0 spiro atoms. The van der Waals surface area contributed by atoms with E-state index in [9.17, 15) is 4.79 Å². The summed E-state index contributed by atoms with van der Waals surface area (Å²) in [7, 11) is 0. The third-order valence-corrected chi connectivity index (χ3v) is 4.03. The van der Waals surface area contributed by atoms with Gasteiger partial charge in [0.2, 0.25) is 0 Å². The Morgan fingerprint density at radius 2 is 1.83 bits per heavy atom. The Bertz CT molecular complexity index is 700. The molecule has 0 atom stereocenters. The minimum absolute atomic E-state index is 0.114. The summed E-state index contributed by atoms with van der Waals surface area (Å²) in [5.74, 6) is 0.746. The van der Waals surface area contributed by atoms with E-state index in [0.717, 1.165) is 31.6 Å². The van der Waals surface area contributed by atoms with E-state index in [1.807, 2.05) is 33.8 Å². The molecule has 0 amide bonds. The van der Waals surface area contributed by atoms with Crippen LogP contribution in [0.15, 0.2) is 17.1 Å². The van der Waals surface area contributed by atoms with E-state index in [2.05, 4.69) is 16.9 Å². The lowest BCUT2D eigenvalue weighted by atomic mass is 9.87. The van der Waals surface area contributed by atoms with E-state index in [4.69, 9.17) is 5.26 Å². The van der Waals surface area contributed by atoms with Crippen molar-refractivity contribution in [2.75, 3.05) is 0 Å². The third kappa shape index (κ3) is 4.22. The standard InChI is InChI=1S/C14H16N4O.2C2H6/c1-9-2-4-11(5-3-9)18-13-12(17-14(18)19)6-10(7-15)8-16-13;2*1-2/h6,8-9,11H,2-5H2,1H3,(H,17,19);2*1-2H3. The van der Waals surface area contributed by atoms with Crippen LogP contribution >= 0.6 is 0 Å². The third-order valence-electron chi connectivity index (χ3n) is 4.03. The molecule has 5 nitrogen and oxygen atoms in total. The highest BCUT2D eigenvalue weighted by Crippen LogP contribution is 2.32. The van der Waals surface area contributed by atoms with E-state index in [0.29, 0.717) is 16.7 Å². The van der Waals surface area contributed by atoms with Crippen LogP contribution in [0.5, 0.6) is 0 Å². The predicted octanol–water partition coefficient (Wildman–Crippen LogP) is 4.40. The zero-order chi connectivity index (χ0) is 17.4. The fourth-order valence-electron chi connectivity index (χ4n) is 2.91. The quantitative estimate of drug-likeness (QED) is 0.847. The van der Waals surface area contributed by atoms with Crippen LogP contribution in [0.2, 0.25) is 0 Å². The van der Waals surface area contributed by atoms with Gasteiger partial charge in [0.15, 0.2) is 5.65 Å². The molecule has 3 rings (SSSR count). The molecule has 1 saturated carbocycles. The van der Waals surface area contributed by atoms with Gasteiger partial charge in [0.05, 0.1) is 11.1 Å². The van der Waals surface area contributed by atoms with Crippen molar-refractivity contribution in [1.29, 1.82) is 5.26 Å². The molecule has 2 heterocycles. The van der Waals surface area contributed by atoms with E-state index >= 15 is 0 Å². The van der Waals surface area contributed by atoms with Crippen molar-refractivity contribution >= 4 is 11.2 Å². The van der Waals surface area contributed by atoms with Crippen LogP contribution in [0.1, 0.15) is 71.9 Å². The second-order valence-corrected chi connectivity index (χ2v) is 5.42. The number of hydrogen-bond acceptors (Lipinski definition) is 3. The molecule has 5 heteroatoms. The molecule has 1 fully saturated rings. The molecule has 2 aromatic heterocycles. The van der Waals surface area contributed by atoms with Crippen LogP contribution in [0.4, 0.5) is 0 Å². The van der Waals surface area contributed by atoms with Gasteiger partial charge in [0.25, 0.3) is 0 Å². The van der Waals surface area contributed by atoms with Crippen molar-refractivity contribution < 1.29 is 0 Å². The topological polar surface area (TPSA) is 74.5 Å². The van der Waals surface area contributed by atoms with Crippen molar-refractivity contribution in [1.82, 2.24) is 14.5 Å². The largest absolute Gasteiger partial charge is 0.327 e. The normalized spacial score (nSPS) is 19.8. The highest BCUT2D eigenvalue weighted by molar-refractivity contribution is 5.72. The van der Waals surface area contributed by atoms with E-state index in [1.165, 1.54) is 6.20 Å². The van der Waals surface area contributed by atoms with Gasteiger partial charge in [0.1, 0.15) is 6.07 Å². The first-order valence-electron chi connectivity index (χ1n) is 8.69. The number of H-pyrrole nitrogens is 1. The predicted molar refractivity (Wildman–Crippen MR) is 94.4 cm³/mol. The minimum atomic E-state index is -0.114. The number of rotatable bonds is 1. The Balaban J connectivity index is 0.000000615. The molecule has 0 aliphatic heterocycles. The molecule has 126 valence electrons. The summed E-state index contributed by atoms with van der Waals surface area (Å²) in [6.45, 7) is 10.3. The summed E-state index contributed by atoms with van der Waals surface area (Å²) < 4.78 is 1.77. The zero-order valence-corrected chi connectivity index (χ0v) is 14.9. The van der Waals surface area contributed by atoms with Crippen molar-refractivity contribution in [3.8, 4) is 6.07 Å². The fourth-order valence-corrected chi connectivity index (χ4v) is 2.91. The molecule has 0 aromatic carbocycles. The summed E-state index contributed by atoms with van der Waals surface area (Å²) in [6, 6.07) is 3.96. The lowest BCUT2D eigenvalue weighted by Gasteiger charge is -2.26. The number of aromatic amines is 1. The van der Waals surface area contributed by atoms with Gasteiger partial charge in [0, 0.05) is 12.2 Å². The zero-order valence-electron chi connectivity index (χ0n) is 14.9. The molecule has 0 radical (unpaired) electrons. The summed E-state index contributed by atoms with van der Waals surface area (Å²) in [6.07, 6.45) is 5.88. The molecular formula is C18H28N4O. The number of aromatic nitrogens is 3. The number of fused-ring (bicyclic) bond motifs is 1. The average molecular weight is 316 g/mol. The number of nitrogens with zero attached hydrogens (tertiary/aromatic N) is 3. The molecule has 2 aromatic rings. The maximum absolute atomic E-state index is 12.1. The molecule has 1 aliphatic carbocycles. The summed E-state index contributed by atoms with van der Waals surface area (Å²) in [5, 5.41) is 8.86. The smallest absolute Gasteiger partial charge is 0.304 e. The van der Waals surface area contributed by atoms with Gasteiger partial charge < -0.3 is 4.98 Å². The molecule has 0 saturated heterocycles. The monoisotopic (exact) mass is 316 g/mol. The first kappa shape index (κ1) is 19.0. The van der Waals surface area contributed by atoms with Crippen molar-refractivity contribution in [2.45, 2.75) is 66.3 Å². The Hall–Kier alpha value is -2.09. The maximum Gasteiger partial charge on any atom is 0.327 e. The number of pyridine rings is 1. The highest BCUT2D eigenvalue weighted by Gasteiger charge is 2.23. The van der Waals surface area contributed by atoms with Gasteiger partial charge in [-0.15, -0.1) is 0 Å². The highest BCUT2D eigenvalue weighted by atomic mass is 16.1. The minimum Gasteiger partial charge on any atom is -0.304 e. The average Bonchev–Trinajstić information content (AvgIpc) is 2.94. The number of imidazole rings is 1. The van der Waals surface area contributed by atoms with Crippen LogP contribution in [-0.4, -0.2) is 14.5 Å². The molecular weight excluding hydrogens is 288 g/mol. The van der Waals surface area contributed by atoms with E-state index < -0.39 is 0 Å². The Morgan fingerprint density at radius 3 is 2.39 bits per heavy atom. The Kier molecular flexibility index (Phi) is 7.53. The number of nitriles is 1. The second-order valence-electron chi connectivity index (χ2n) is 5.42. The van der Waals surface area contributed by atoms with Crippen molar-refractivity contribution in [3.63, 3.8) is 0 Å². The number of hydrogen-bond donors (Lipinski definition) is 1. The fraction of sp³-hybridized carbons (Fsp3) is 0.611. The maximum atomic E-state index is 12.1. The van der Waals surface area contributed by atoms with E-state index in [-0.39, 0.29) is 11.7 Å². The summed E-state index contributed by atoms with van der Waals surface area (Å²) in [5.41, 5.74) is 1.68. The lowest BCUT2D eigenvalue weighted by molar-refractivity contribution is 0.289. The van der Waals surface area contributed by atoms with Gasteiger partial charge in [-0.25, -0.2) is 9.78 Å². The molecule has 0 unspecified atom stereocenters. The molecule has 0 bridgehead atoms. The van der Waals surface area contributed by atoms with E-state index in [1.54, 1.807) is 10.6 Å². The lowest BCUT2D eigenvalue weighted by Crippen LogP contribution is -2.25. The van der Waals surface area contributed by atoms with Crippen molar-refractivity contribution in [3.05, 3.63) is 28.3 Å². The molecule has 1 N–H and O–H groups in total. The van der Waals surface area contributed by atoms with Crippen LogP contribution in [0, 0.1) is 17.2 Å². The Labute approximate surface area is 138 Å². The molecule has 1 aliphatic rings. The molecule has 23 heavy (non-hydrogen) atoms.